The molecule has 0 bridgehead atoms. The molecule has 4 aliphatic carbocycles. The van der Waals surface area contributed by atoms with Crippen LogP contribution >= 0.6 is 0 Å². The van der Waals surface area contributed by atoms with Crippen molar-refractivity contribution in [3.63, 3.8) is 0 Å². The normalized spacial score (nSPS) is 45.4. The van der Waals surface area contributed by atoms with Crippen molar-refractivity contribution in [1.82, 2.24) is 0 Å². The number of hydrogen-bond acceptors (Lipinski definition) is 7. The average Bonchev–Trinajstić information content (AvgIpc) is 2.91. The van der Waals surface area contributed by atoms with E-state index in [9.17, 15) is 28.2 Å². The van der Waals surface area contributed by atoms with Crippen molar-refractivity contribution in [3.8, 4) is 0 Å². The van der Waals surface area contributed by atoms with Crippen molar-refractivity contribution >= 4 is 22.0 Å². The average molecular weight is 441 g/mol. The number of fused-ring (bicyclic) bond motifs is 5. The van der Waals surface area contributed by atoms with Crippen molar-refractivity contribution in [2.75, 3.05) is 6.61 Å². The summed E-state index contributed by atoms with van der Waals surface area (Å²) in [6, 6.07) is 0. The van der Waals surface area contributed by atoms with Crippen molar-refractivity contribution in [3.05, 3.63) is 23.8 Å². The number of carbonyl (C=O) groups is 2. The van der Waals surface area contributed by atoms with Crippen molar-refractivity contribution in [2.45, 2.75) is 57.7 Å². The Kier molecular flexibility index (Phi) is 4.95. The molecule has 0 heterocycles. The maximum atomic E-state index is 12.8. The lowest BCUT2D eigenvalue weighted by atomic mass is 9.46. The van der Waals surface area contributed by atoms with E-state index in [2.05, 4.69) is 4.18 Å². The predicted octanol–water partition coefficient (Wildman–Crippen LogP) is 1.38. The van der Waals surface area contributed by atoms with E-state index in [0.717, 1.165) is 12.0 Å². The van der Waals surface area contributed by atoms with Gasteiger partial charge in [-0.3, -0.25) is 14.1 Å². The van der Waals surface area contributed by atoms with Crippen LogP contribution in [0.15, 0.2) is 23.8 Å². The zero-order valence-electron chi connectivity index (χ0n) is 17.1. The maximum absolute atomic E-state index is 12.8. The van der Waals surface area contributed by atoms with E-state index >= 15 is 0 Å². The number of allylic oxidation sites excluding steroid dienone is 4. The van der Waals surface area contributed by atoms with Crippen LogP contribution in [-0.4, -0.2) is 53.1 Å². The molecule has 0 aromatic rings. The molecule has 4 aliphatic rings. The summed E-state index contributed by atoms with van der Waals surface area (Å²) in [6.07, 6.45) is 6.65. The largest absolute Gasteiger partial charge is 0.397 e. The number of aliphatic hydroxyl groups excluding tert-OH is 1. The van der Waals surface area contributed by atoms with Gasteiger partial charge in [-0.2, -0.15) is 8.42 Å². The van der Waals surface area contributed by atoms with Crippen LogP contribution in [0.2, 0.25) is 0 Å². The molecule has 7 atom stereocenters. The van der Waals surface area contributed by atoms with E-state index < -0.39 is 45.3 Å². The molecule has 30 heavy (non-hydrogen) atoms. The van der Waals surface area contributed by atoms with Crippen molar-refractivity contribution < 1.29 is 37.0 Å². The summed E-state index contributed by atoms with van der Waals surface area (Å²) in [5.74, 6) is -0.984. The number of aliphatic hydroxyl groups is 2. The van der Waals surface area contributed by atoms with E-state index in [1.807, 2.05) is 13.0 Å². The zero-order valence-corrected chi connectivity index (χ0v) is 17.9. The maximum Gasteiger partial charge on any atom is 0.397 e. The van der Waals surface area contributed by atoms with Gasteiger partial charge in [0, 0.05) is 16.7 Å². The van der Waals surface area contributed by atoms with E-state index in [1.165, 1.54) is 0 Å². The van der Waals surface area contributed by atoms with Crippen LogP contribution in [-0.2, 0) is 24.2 Å². The second-order valence-electron chi connectivity index (χ2n) is 9.72. The zero-order chi connectivity index (χ0) is 22.1. The minimum atomic E-state index is -4.80. The fraction of sp³-hybridized carbons (Fsp3) is 0.714. The smallest absolute Gasteiger partial charge is 0.393 e. The number of ketones is 2. The molecular weight excluding hydrogens is 412 g/mol. The summed E-state index contributed by atoms with van der Waals surface area (Å²) in [6.45, 7) is 2.87. The van der Waals surface area contributed by atoms with E-state index in [1.54, 1.807) is 19.1 Å². The van der Waals surface area contributed by atoms with Crippen LogP contribution in [0.25, 0.3) is 0 Å². The molecule has 3 fully saturated rings. The SMILES string of the molecule is C[C@]12C=CC(=O)C=C1CCC1[C@@H]2[C@@H](O)C[C@@]2(C)[C@H]1CC[C@]2(O)C(=O)COS(=O)(=O)O. The second-order valence-corrected chi connectivity index (χ2v) is 10.8. The van der Waals surface area contributed by atoms with Crippen LogP contribution < -0.4 is 0 Å². The van der Waals surface area contributed by atoms with E-state index in [0.29, 0.717) is 12.8 Å². The van der Waals surface area contributed by atoms with Gasteiger partial charge in [-0.05, 0) is 56.1 Å². The Balaban J connectivity index is 1.66. The third-order valence-electron chi connectivity index (χ3n) is 8.45. The highest BCUT2D eigenvalue weighted by atomic mass is 32.3. The number of carbonyl (C=O) groups excluding carboxylic acids is 2. The molecule has 4 rings (SSSR count). The van der Waals surface area contributed by atoms with Gasteiger partial charge >= 0.3 is 10.4 Å². The number of rotatable bonds is 4. The fourth-order valence-electron chi connectivity index (χ4n) is 7.04. The summed E-state index contributed by atoms with van der Waals surface area (Å²) in [4.78, 5) is 24.6. The van der Waals surface area contributed by atoms with Gasteiger partial charge in [0.05, 0.1) is 6.10 Å². The molecule has 0 aliphatic heterocycles. The summed E-state index contributed by atoms with van der Waals surface area (Å²) in [5, 5.41) is 22.6. The van der Waals surface area contributed by atoms with Crippen LogP contribution in [0.4, 0.5) is 0 Å². The van der Waals surface area contributed by atoms with Crippen LogP contribution in [0.5, 0.6) is 0 Å². The van der Waals surface area contributed by atoms with Crippen molar-refractivity contribution in [2.24, 2.45) is 28.6 Å². The van der Waals surface area contributed by atoms with Gasteiger partial charge in [-0.15, -0.1) is 0 Å². The van der Waals surface area contributed by atoms with Gasteiger partial charge in [0.15, 0.2) is 11.6 Å². The molecule has 9 heteroatoms. The van der Waals surface area contributed by atoms with Crippen molar-refractivity contribution in [1.29, 1.82) is 0 Å². The highest BCUT2D eigenvalue weighted by molar-refractivity contribution is 7.80. The molecule has 0 spiro atoms. The summed E-state index contributed by atoms with van der Waals surface area (Å²) >= 11 is 0. The molecular formula is C21H28O8S. The number of Topliss-reactive ketones (excluding diaryl/α,β-unsaturated/α-hetero) is 1. The Bertz CT molecular complexity index is 952. The van der Waals surface area contributed by atoms with Gasteiger partial charge in [-0.1, -0.05) is 25.5 Å². The quantitative estimate of drug-likeness (QED) is 0.558. The minimum absolute atomic E-state index is 0.0445. The van der Waals surface area contributed by atoms with Gasteiger partial charge in [0.2, 0.25) is 0 Å². The molecule has 0 aromatic carbocycles. The molecule has 0 saturated heterocycles. The molecule has 0 radical (unpaired) electrons. The van der Waals surface area contributed by atoms with E-state index in [4.69, 9.17) is 4.55 Å². The van der Waals surface area contributed by atoms with Gasteiger partial charge in [0.1, 0.15) is 12.2 Å². The summed E-state index contributed by atoms with van der Waals surface area (Å²) in [5.41, 5.74) is -2.22. The first-order valence-corrected chi connectivity index (χ1v) is 11.7. The first kappa shape index (κ1) is 21.8. The number of hydrogen-bond donors (Lipinski definition) is 3. The first-order valence-electron chi connectivity index (χ1n) is 10.3. The topological polar surface area (TPSA) is 138 Å². The van der Waals surface area contributed by atoms with Gasteiger partial charge < -0.3 is 10.2 Å². The Morgan fingerprint density at radius 2 is 2.00 bits per heavy atom. The summed E-state index contributed by atoms with van der Waals surface area (Å²) < 4.78 is 34.8. The Morgan fingerprint density at radius 1 is 1.30 bits per heavy atom. The molecule has 1 unspecified atom stereocenters. The highest BCUT2D eigenvalue weighted by Crippen LogP contribution is 2.67. The molecule has 0 aromatic heterocycles. The summed E-state index contributed by atoms with van der Waals surface area (Å²) in [7, 11) is -4.80. The first-order chi connectivity index (χ1) is 13.8. The molecule has 3 N–H and O–H groups in total. The fourth-order valence-corrected chi connectivity index (χ4v) is 7.29. The Morgan fingerprint density at radius 3 is 2.67 bits per heavy atom. The van der Waals surface area contributed by atoms with Crippen LogP contribution in [0, 0.1) is 28.6 Å². The molecule has 166 valence electrons. The van der Waals surface area contributed by atoms with Crippen LogP contribution in [0.1, 0.15) is 46.0 Å². The third-order valence-corrected chi connectivity index (χ3v) is 8.86. The van der Waals surface area contributed by atoms with Gasteiger partial charge in [-0.25, -0.2) is 4.18 Å². The monoisotopic (exact) mass is 440 g/mol. The molecule has 3 saturated carbocycles. The Labute approximate surface area is 175 Å². The molecule has 8 nitrogen and oxygen atoms in total. The van der Waals surface area contributed by atoms with Crippen LogP contribution in [0.3, 0.4) is 0 Å². The van der Waals surface area contributed by atoms with Gasteiger partial charge in [0.25, 0.3) is 0 Å². The third kappa shape index (κ3) is 3.05. The lowest BCUT2D eigenvalue weighted by Gasteiger charge is -2.59. The Hall–Kier alpha value is -1.39. The lowest BCUT2D eigenvalue weighted by Crippen LogP contribution is -2.61. The second kappa shape index (κ2) is 6.80. The lowest BCUT2D eigenvalue weighted by molar-refractivity contribution is -0.178. The standard InChI is InChI=1S/C21H28O8S/c1-19-7-5-13(22)9-12(19)3-4-14-15-6-8-21(25,17(24)11-29-30(26,27)28)20(15,2)10-16(23)18(14)19/h5,7,9,14-16,18,23,25H,3-4,6,8,10-11H2,1-2H3,(H,26,27,28)/t14?,15-,16-,18+,19-,20-,21-/m0/s1. The van der Waals surface area contributed by atoms with E-state index in [-0.39, 0.29) is 36.4 Å². The highest BCUT2D eigenvalue weighted by Gasteiger charge is 2.68. The minimum Gasteiger partial charge on any atom is -0.393 e. The molecule has 0 amide bonds. The predicted molar refractivity (Wildman–Crippen MR) is 105 cm³/mol.